The van der Waals surface area contributed by atoms with Crippen molar-refractivity contribution in [3.63, 3.8) is 0 Å². The third-order valence-electron chi connectivity index (χ3n) is 1.50. The van der Waals surface area contributed by atoms with Gasteiger partial charge in [0.2, 0.25) is 0 Å². The second-order valence-electron chi connectivity index (χ2n) is 2.90. The van der Waals surface area contributed by atoms with Crippen LogP contribution >= 0.6 is 0 Å². The Labute approximate surface area is 60.0 Å². The summed E-state index contributed by atoms with van der Waals surface area (Å²) in [6.45, 7) is 3.83. The monoisotopic (exact) mass is 144 g/mol. The Balaban J connectivity index is 2.20. The topological polar surface area (TPSA) is 46.5 Å². The van der Waals surface area contributed by atoms with Crippen LogP contribution in [0.4, 0.5) is 0 Å². The molecule has 1 fully saturated rings. The van der Waals surface area contributed by atoms with Gasteiger partial charge in [0, 0.05) is 0 Å². The summed E-state index contributed by atoms with van der Waals surface area (Å²) in [7, 11) is 0. The lowest BCUT2D eigenvalue weighted by Gasteiger charge is -2.04. The number of rotatable bonds is 3. The highest BCUT2D eigenvalue weighted by Gasteiger charge is 2.44. The van der Waals surface area contributed by atoms with Gasteiger partial charge in [0.05, 0.1) is 18.1 Å². The van der Waals surface area contributed by atoms with Gasteiger partial charge in [-0.05, 0) is 20.3 Å². The molecule has 1 saturated carbocycles. The molecule has 0 amide bonds. The highest BCUT2D eigenvalue weighted by atomic mass is 16.5. The third-order valence-corrected chi connectivity index (χ3v) is 1.50. The maximum absolute atomic E-state index is 10.3. The lowest BCUT2D eigenvalue weighted by atomic mass is 10.4. The van der Waals surface area contributed by atoms with E-state index in [0.717, 1.165) is 0 Å². The first-order valence-corrected chi connectivity index (χ1v) is 3.49. The fourth-order valence-electron chi connectivity index (χ4n) is 0.932. The lowest BCUT2D eigenvalue weighted by Crippen LogP contribution is -2.09. The molecule has 0 aromatic heterocycles. The van der Waals surface area contributed by atoms with Crippen LogP contribution in [0.15, 0.2) is 0 Å². The molecule has 1 aliphatic carbocycles. The Morgan fingerprint density at radius 3 is 2.60 bits per heavy atom. The minimum absolute atomic E-state index is 0.0162. The molecule has 3 heteroatoms. The van der Waals surface area contributed by atoms with E-state index in [0.29, 0.717) is 6.42 Å². The van der Waals surface area contributed by atoms with Crippen molar-refractivity contribution in [2.75, 3.05) is 0 Å². The molecule has 58 valence electrons. The quantitative estimate of drug-likeness (QED) is 0.639. The summed E-state index contributed by atoms with van der Waals surface area (Å²) in [4.78, 5) is 10.3. The standard InChI is InChI=1S/C7H12O3/c1-4(2)10-6-3-5(6)7(8)9/h4-6H,3H2,1-2H3,(H,8,9). The van der Waals surface area contributed by atoms with Gasteiger partial charge in [-0.25, -0.2) is 0 Å². The predicted molar refractivity (Wildman–Crippen MR) is 35.8 cm³/mol. The summed E-state index contributed by atoms with van der Waals surface area (Å²) in [5, 5.41) is 8.46. The summed E-state index contributed by atoms with van der Waals surface area (Å²) in [5.41, 5.74) is 0. The van der Waals surface area contributed by atoms with E-state index in [2.05, 4.69) is 0 Å². The van der Waals surface area contributed by atoms with Crippen molar-refractivity contribution < 1.29 is 14.6 Å². The van der Waals surface area contributed by atoms with Gasteiger partial charge in [-0.1, -0.05) is 0 Å². The lowest BCUT2D eigenvalue weighted by molar-refractivity contribution is -0.139. The maximum Gasteiger partial charge on any atom is 0.309 e. The van der Waals surface area contributed by atoms with Crippen molar-refractivity contribution in [1.29, 1.82) is 0 Å². The van der Waals surface area contributed by atoms with Gasteiger partial charge >= 0.3 is 5.97 Å². The molecule has 0 heterocycles. The van der Waals surface area contributed by atoms with Gasteiger partial charge in [-0.3, -0.25) is 4.79 Å². The molecule has 0 aromatic rings. The number of hydrogen-bond donors (Lipinski definition) is 1. The highest BCUT2D eigenvalue weighted by Crippen LogP contribution is 2.34. The molecule has 0 bridgehead atoms. The van der Waals surface area contributed by atoms with E-state index >= 15 is 0 Å². The Kier molecular flexibility index (Phi) is 1.94. The number of carbonyl (C=O) groups is 1. The fraction of sp³-hybridized carbons (Fsp3) is 0.857. The van der Waals surface area contributed by atoms with E-state index < -0.39 is 5.97 Å². The molecular weight excluding hydrogens is 132 g/mol. The summed E-state index contributed by atoms with van der Waals surface area (Å²) in [6.07, 6.45) is 0.819. The van der Waals surface area contributed by atoms with Gasteiger partial charge in [-0.15, -0.1) is 0 Å². The molecule has 0 aromatic carbocycles. The molecule has 0 saturated heterocycles. The Morgan fingerprint density at radius 1 is 1.70 bits per heavy atom. The van der Waals surface area contributed by atoms with E-state index in [4.69, 9.17) is 9.84 Å². The molecule has 0 radical (unpaired) electrons. The summed E-state index contributed by atoms with van der Waals surface area (Å²) >= 11 is 0. The van der Waals surface area contributed by atoms with Crippen LogP contribution in [0, 0.1) is 5.92 Å². The Bertz CT molecular complexity index is 142. The number of ether oxygens (including phenoxy) is 1. The first-order valence-electron chi connectivity index (χ1n) is 3.49. The second kappa shape index (κ2) is 2.58. The molecule has 1 N–H and O–H groups in total. The molecule has 10 heavy (non-hydrogen) atoms. The van der Waals surface area contributed by atoms with Crippen LogP contribution in [-0.2, 0) is 9.53 Å². The zero-order chi connectivity index (χ0) is 7.72. The van der Waals surface area contributed by atoms with Crippen molar-refractivity contribution in [2.24, 2.45) is 5.92 Å². The van der Waals surface area contributed by atoms with Gasteiger partial charge in [0.25, 0.3) is 0 Å². The smallest absolute Gasteiger partial charge is 0.309 e. The van der Waals surface area contributed by atoms with Crippen LogP contribution in [0.25, 0.3) is 0 Å². The van der Waals surface area contributed by atoms with E-state index in [1.165, 1.54) is 0 Å². The minimum atomic E-state index is -0.731. The molecule has 3 nitrogen and oxygen atoms in total. The second-order valence-corrected chi connectivity index (χ2v) is 2.90. The van der Waals surface area contributed by atoms with Gasteiger partial charge in [-0.2, -0.15) is 0 Å². The number of carboxylic acids is 1. The van der Waals surface area contributed by atoms with Crippen molar-refractivity contribution in [3.05, 3.63) is 0 Å². The van der Waals surface area contributed by atoms with Crippen LogP contribution < -0.4 is 0 Å². The predicted octanol–water partition coefficient (Wildman–Crippen LogP) is 0.885. The van der Waals surface area contributed by atoms with Gasteiger partial charge < -0.3 is 9.84 Å². The number of aliphatic carboxylic acids is 1. The Hall–Kier alpha value is -0.570. The van der Waals surface area contributed by atoms with Crippen LogP contribution in [0.3, 0.4) is 0 Å². The fourth-order valence-corrected chi connectivity index (χ4v) is 0.932. The largest absolute Gasteiger partial charge is 0.481 e. The highest BCUT2D eigenvalue weighted by molar-refractivity contribution is 5.74. The molecule has 2 unspecified atom stereocenters. The van der Waals surface area contributed by atoms with E-state index in [-0.39, 0.29) is 18.1 Å². The SMILES string of the molecule is CC(C)OC1CC1C(=O)O. The number of carboxylic acid groups (broad SMARTS) is 1. The summed E-state index contributed by atoms with van der Waals surface area (Å²) in [6, 6.07) is 0. The van der Waals surface area contributed by atoms with Crippen molar-refractivity contribution in [1.82, 2.24) is 0 Å². The van der Waals surface area contributed by atoms with E-state index in [1.54, 1.807) is 0 Å². The molecule has 2 atom stereocenters. The average Bonchev–Trinajstić information content (AvgIpc) is 2.43. The first kappa shape index (κ1) is 7.54. The zero-order valence-electron chi connectivity index (χ0n) is 6.20. The van der Waals surface area contributed by atoms with Crippen molar-refractivity contribution >= 4 is 5.97 Å². The average molecular weight is 144 g/mol. The van der Waals surface area contributed by atoms with Crippen LogP contribution in [0.5, 0.6) is 0 Å². The first-order chi connectivity index (χ1) is 4.61. The van der Waals surface area contributed by atoms with E-state index in [9.17, 15) is 4.79 Å². The van der Waals surface area contributed by atoms with Crippen LogP contribution in [0.2, 0.25) is 0 Å². The van der Waals surface area contributed by atoms with Crippen LogP contribution in [-0.4, -0.2) is 23.3 Å². The van der Waals surface area contributed by atoms with E-state index in [1.807, 2.05) is 13.8 Å². The molecule has 0 aliphatic heterocycles. The van der Waals surface area contributed by atoms with Crippen LogP contribution in [0.1, 0.15) is 20.3 Å². The molecule has 0 spiro atoms. The summed E-state index contributed by atoms with van der Waals surface area (Å²) in [5.74, 6) is -0.965. The third kappa shape index (κ3) is 1.70. The number of hydrogen-bond acceptors (Lipinski definition) is 2. The van der Waals surface area contributed by atoms with Gasteiger partial charge in [0.15, 0.2) is 0 Å². The van der Waals surface area contributed by atoms with Crippen molar-refractivity contribution in [3.8, 4) is 0 Å². The normalized spacial score (nSPS) is 30.7. The maximum atomic E-state index is 10.3. The van der Waals surface area contributed by atoms with Gasteiger partial charge in [0.1, 0.15) is 0 Å². The Morgan fingerprint density at radius 2 is 2.30 bits per heavy atom. The molecular formula is C7H12O3. The van der Waals surface area contributed by atoms with Crippen molar-refractivity contribution in [2.45, 2.75) is 32.5 Å². The molecule has 1 rings (SSSR count). The summed E-state index contributed by atoms with van der Waals surface area (Å²) < 4.78 is 5.25. The molecule has 1 aliphatic rings. The zero-order valence-corrected chi connectivity index (χ0v) is 6.20. The minimum Gasteiger partial charge on any atom is -0.481 e.